The minimum atomic E-state index is -0.767. The molecule has 0 aliphatic rings. The number of carbonyl (C=O) groups is 1. The summed E-state index contributed by atoms with van der Waals surface area (Å²) in [5.41, 5.74) is 0.890. The standard InChI is InChI=1S/C10H15NO2/c1-2-3-6-11-7-4-5-9(11)8-10(12)13/h4-5,7H,2-3,6,8H2,1H3,(H,12,13). The van der Waals surface area contributed by atoms with Gasteiger partial charge in [-0.2, -0.15) is 0 Å². The second-order valence-electron chi connectivity index (χ2n) is 3.12. The van der Waals surface area contributed by atoms with E-state index in [1.165, 1.54) is 0 Å². The van der Waals surface area contributed by atoms with Gasteiger partial charge < -0.3 is 9.67 Å². The second-order valence-corrected chi connectivity index (χ2v) is 3.12. The molecule has 1 rings (SSSR count). The molecule has 0 aliphatic carbocycles. The topological polar surface area (TPSA) is 42.2 Å². The van der Waals surface area contributed by atoms with Crippen molar-refractivity contribution in [2.75, 3.05) is 0 Å². The van der Waals surface area contributed by atoms with Crippen LogP contribution in [0.2, 0.25) is 0 Å². The zero-order valence-corrected chi connectivity index (χ0v) is 7.86. The third-order valence-corrected chi connectivity index (χ3v) is 2.01. The average Bonchev–Trinajstić information content (AvgIpc) is 2.48. The maximum Gasteiger partial charge on any atom is 0.309 e. The monoisotopic (exact) mass is 181 g/mol. The number of carboxylic acid groups (broad SMARTS) is 1. The first-order valence-electron chi connectivity index (χ1n) is 4.60. The van der Waals surface area contributed by atoms with Crippen LogP contribution in [0.15, 0.2) is 18.3 Å². The summed E-state index contributed by atoms with van der Waals surface area (Å²) in [6.07, 6.45) is 4.29. The average molecular weight is 181 g/mol. The van der Waals surface area contributed by atoms with Crippen molar-refractivity contribution in [1.29, 1.82) is 0 Å². The number of hydrogen-bond donors (Lipinski definition) is 1. The lowest BCUT2D eigenvalue weighted by Crippen LogP contribution is -2.07. The maximum absolute atomic E-state index is 10.5. The SMILES string of the molecule is CCCCn1cccc1CC(=O)O. The van der Waals surface area contributed by atoms with Gasteiger partial charge in [0, 0.05) is 18.4 Å². The lowest BCUT2D eigenvalue weighted by atomic mass is 10.3. The van der Waals surface area contributed by atoms with Crippen molar-refractivity contribution >= 4 is 5.97 Å². The molecule has 0 spiro atoms. The van der Waals surface area contributed by atoms with Gasteiger partial charge in [-0.3, -0.25) is 4.79 Å². The van der Waals surface area contributed by atoms with E-state index >= 15 is 0 Å². The highest BCUT2D eigenvalue weighted by molar-refractivity contribution is 5.69. The molecule has 1 aromatic rings. The van der Waals surface area contributed by atoms with Crippen LogP contribution in [0.3, 0.4) is 0 Å². The van der Waals surface area contributed by atoms with E-state index < -0.39 is 5.97 Å². The van der Waals surface area contributed by atoms with Crippen LogP contribution in [-0.4, -0.2) is 15.6 Å². The molecular formula is C10H15NO2. The molecule has 0 aromatic carbocycles. The van der Waals surface area contributed by atoms with Crippen LogP contribution < -0.4 is 0 Å². The van der Waals surface area contributed by atoms with Gasteiger partial charge in [0.25, 0.3) is 0 Å². The molecule has 72 valence electrons. The van der Waals surface area contributed by atoms with Gasteiger partial charge in [0.05, 0.1) is 6.42 Å². The van der Waals surface area contributed by atoms with E-state index in [-0.39, 0.29) is 6.42 Å². The predicted octanol–water partition coefficient (Wildman–Crippen LogP) is 1.92. The van der Waals surface area contributed by atoms with Crippen LogP contribution in [0, 0.1) is 0 Å². The molecular weight excluding hydrogens is 166 g/mol. The smallest absolute Gasteiger partial charge is 0.309 e. The molecule has 0 atom stereocenters. The Kier molecular flexibility index (Phi) is 3.55. The Hall–Kier alpha value is -1.25. The fraction of sp³-hybridized carbons (Fsp3) is 0.500. The number of rotatable bonds is 5. The molecule has 3 heteroatoms. The maximum atomic E-state index is 10.5. The number of carboxylic acids is 1. The molecule has 0 aliphatic heterocycles. The summed E-state index contributed by atoms with van der Waals surface area (Å²) in [7, 11) is 0. The summed E-state index contributed by atoms with van der Waals surface area (Å²) in [4.78, 5) is 10.5. The number of hydrogen-bond acceptors (Lipinski definition) is 1. The summed E-state index contributed by atoms with van der Waals surface area (Å²) in [5.74, 6) is -0.767. The van der Waals surface area contributed by atoms with E-state index in [2.05, 4.69) is 6.92 Å². The fourth-order valence-electron chi connectivity index (χ4n) is 1.31. The molecule has 1 heterocycles. The Balaban J connectivity index is 2.60. The lowest BCUT2D eigenvalue weighted by Gasteiger charge is -2.05. The normalized spacial score (nSPS) is 10.2. The first kappa shape index (κ1) is 9.84. The molecule has 0 bridgehead atoms. The van der Waals surface area contributed by atoms with E-state index in [9.17, 15) is 4.79 Å². The molecule has 0 radical (unpaired) electrons. The number of aryl methyl sites for hydroxylation is 1. The molecule has 0 fully saturated rings. The van der Waals surface area contributed by atoms with Gasteiger partial charge in [-0.1, -0.05) is 13.3 Å². The Labute approximate surface area is 78.0 Å². The number of aromatic nitrogens is 1. The molecule has 0 amide bonds. The van der Waals surface area contributed by atoms with Crippen molar-refractivity contribution in [2.45, 2.75) is 32.7 Å². The van der Waals surface area contributed by atoms with E-state index in [0.29, 0.717) is 0 Å². The zero-order valence-electron chi connectivity index (χ0n) is 7.86. The van der Waals surface area contributed by atoms with Crippen LogP contribution in [0.4, 0.5) is 0 Å². The minimum Gasteiger partial charge on any atom is -0.481 e. The van der Waals surface area contributed by atoms with Crippen molar-refractivity contribution in [1.82, 2.24) is 4.57 Å². The summed E-state index contributed by atoms with van der Waals surface area (Å²) >= 11 is 0. The highest BCUT2D eigenvalue weighted by Gasteiger charge is 2.04. The van der Waals surface area contributed by atoms with Crippen molar-refractivity contribution in [2.24, 2.45) is 0 Å². The highest BCUT2D eigenvalue weighted by Crippen LogP contribution is 2.05. The van der Waals surface area contributed by atoms with Gasteiger partial charge in [-0.25, -0.2) is 0 Å². The molecule has 0 saturated heterocycles. The van der Waals surface area contributed by atoms with Gasteiger partial charge in [0.15, 0.2) is 0 Å². The molecule has 1 aromatic heterocycles. The Morgan fingerprint density at radius 2 is 2.38 bits per heavy atom. The van der Waals surface area contributed by atoms with Gasteiger partial charge in [0.1, 0.15) is 0 Å². The summed E-state index contributed by atoms with van der Waals surface area (Å²) in [6, 6.07) is 3.76. The van der Waals surface area contributed by atoms with E-state index in [1.54, 1.807) is 0 Å². The summed E-state index contributed by atoms with van der Waals surface area (Å²) in [6.45, 7) is 3.05. The fourth-order valence-corrected chi connectivity index (χ4v) is 1.31. The third kappa shape index (κ3) is 2.93. The van der Waals surface area contributed by atoms with E-state index in [0.717, 1.165) is 25.1 Å². The molecule has 0 saturated carbocycles. The molecule has 0 unspecified atom stereocenters. The predicted molar refractivity (Wildman–Crippen MR) is 50.7 cm³/mol. The van der Waals surface area contributed by atoms with Crippen LogP contribution in [0.25, 0.3) is 0 Å². The molecule has 1 N–H and O–H groups in total. The number of nitrogens with zero attached hydrogens (tertiary/aromatic N) is 1. The van der Waals surface area contributed by atoms with Crippen LogP contribution in [0.1, 0.15) is 25.5 Å². The van der Waals surface area contributed by atoms with Gasteiger partial charge in [0.2, 0.25) is 0 Å². The Morgan fingerprint density at radius 3 is 3.00 bits per heavy atom. The van der Waals surface area contributed by atoms with E-state index in [1.807, 2.05) is 22.9 Å². The van der Waals surface area contributed by atoms with Crippen molar-refractivity contribution in [3.05, 3.63) is 24.0 Å². The Morgan fingerprint density at radius 1 is 1.62 bits per heavy atom. The lowest BCUT2D eigenvalue weighted by molar-refractivity contribution is -0.136. The van der Waals surface area contributed by atoms with Crippen molar-refractivity contribution in [3.8, 4) is 0 Å². The Bertz CT molecular complexity index is 278. The van der Waals surface area contributed by atoms with Gasteiger partial charge in [-0.05, 0) is 18.6 Å². The van der Waals surface area contributed by atoms with Gasteiger partial charge in [-0.15, -0.1) is 0 Å². The first-order valence-corrected chi connectivity index (χ1v) is 4.60. The highest BCUT2D eigenvalue weighted by atomic mass is 16.4. The molecule has 13 heavy (non-hydrogen) atoms. The third-order valence-electron chi connectivity index (χ3n) is 2.01. The quantitative estimate of drug-likeness (QED) is 0.754. The first-order chi connectivity index (χ1) is 6.24. The molecule has 3 nitrogen and oxygen atoms in total. The van der Waals surface area contributed by atoms with Crippen LogP contribution in [-0.2, 0) is 17.8 Å². The summed E-state index contributed by atoms with van der Waals surface area (Å²) in [5, 5.41) is 8.62. The van der Waals surface area contributed by atoms with Crippen LogP contribution >= 0.6 is 0 Å². The number of aliphatic carboxylic acids is 1. The van der Waals surface area contributed by atoms with Gasteiger partial charge >= 0.3 is 5.97 Å². The van der Waals surface area contributed by atoms with Crippen molar-refractivity contribution < 1.29 is 9.90 Å². The largest absolute Gasteiger partial charge is 0.481 e. The van der Waals surface area contributed by atoms with Crippen LogP contribution in [0.5, 0.6) is 0 Å². The van der Waals surface area contributed by atoms with E-state index in [4.69, 9.17) is 5.11 Å². The zero-order chi connectivity index (χ0) is 9.68. The van der Waals surface area contributed by atoms with Crippen molar-refractivity contribution in [3.63, 3.8) is 0 Å². The number of unbranched alkanes of at least 4 members (excludes halogenated alkanes) is 1. The minimum absolute atomic E-state index is 0.122. The second kappa shape index (κ2) is 4.70. The summed E-state index contributed by atoms with van der Waals surface area (Å²) < 4.78 is 2.01.